The maximum atomic E-state index is 6.54. The Kier molecular flexibility index (Phi) is 9.35. The van der Waals surface area contributed by atoms with Crippen LogP contribution >= 0.6 is 0 Å². The average Bonchev–Trinajstić information content (AvgIpc) is 2.76. The summed E-state index contributed by atoms with van der Waals surface area (Å²) in [6.45, 7) is 22.3. The van der Waals surface area contributed by atoms with E-state index in [2.05, 4.69) is 67.6 Å². The van der Waals surface area contributed by atoms with Gasteiger partial charge in [0.2, 0.25) is 14.2 Å². The van der Waals surface area contributed by atoms with Crippen molar-refractivity contribution in [3.8, 4) is 28.6 Å². The molecule has 0 spiro atoms. The highest BCUT2D eigenvalue weighted by atomic mass is 28.4. The predicted molar refractivity (Wildman–Crippen MR) is 140 cm³/mol. The van der Waals surface area contributed by atoms with Gasteiger partial charge < -0.3 is 13.9 Å². The zero-order valence-corrected chi connectivity index (χ0v) is 23.5. The molecule has 6 heteroatoms. The van der Waals surface area contributed by atoms with Crippen molar-refractivity contribution in [3.05, 3.63) is 29.6 Å². The van der Waals surface area contributed by atoms with E-state index in [1.54, 1.807) is 0 Å². The van der Waals surface area contributed by atoms with Crippen LogP contribution < -0.4 is 13.9 Å². The minimum absolute atomic E-state index is 0.124. The molecule has 0 fully saturated rings. The van der Waals surface area contributed by atoms with E-state index < -0.39 is 8.32 Å². The van der Waals surface area contributed by atoms with E-state index in [-0.39, 0.29) is 11.1 Å². The molecule has 0 saturated heterocycles. The van der Waals surface area contributed by atoms with Gasteiger partial charge in [0, 0.05) is 11.6 Å². The Bertz CT molecular complexity index is 918. The van der Waals surface area contributed by atoms with Gasteiger partial charge in [-0.1, -0.05) is 48.5 Å². The molecule has 0 unspecified atom stereocenters. The number of hydrogen-bond acceptors (Lipinski definition) is 5. The lowest BCUT2D eigenvalue weighted by Gasteiger charge is -2.36. The van der Waals surface area contributed by atoms with Crippen LogP contribution in [-0.2, 0) is 12.8 Å². The molecule has 184 valence electrons. The van der Waals surface area contributed by atoms with Crippen LogP contribution in [0.15, 0.2) is 18.2 Å². The van der Waals surface area contributed by atoms with Gasteiger partial charge in [-0.05, 0) is 62.9 Å². The van der Waals surface area contributed by atoms with Crippen molar-refractivity contribution >= 4 is 8.32 Å². The summed E-state index contributed by atoms with van der Waals surface area (Å²) in [5, 5.41) is 0.124. The molecule has 0 saturated carbocycles. The van der Waals surface area contributed by atoms with Crippen molar-refractivity contribution in [1.82, 2.24) is 9.97 Å². The van der Waals surface area contributed by atoms with Gasteiger partial charge in [-0.3, -0.25) is 0 Å². The molecule has 0 amide bonds. The molecule has 0 aliphatic rings. The van der Waals surface area contributed by atoms with Crippen LogP contribution in [0.5, 0.6) is 17.4 Å². The summed E-state index contributed by atoms with van der Waals surface area (Å²) in [6.07, 6.45) is 3.59. The van der Waals surface area contributed by atoms with Crippen LogP contribution in [0.3, 0.4) is 0 Å². The fourth-order valence-electron chi connectivity index (χ4n) is 3.37. The second-order valence-electron chi connectivity index (χ2n) is 9.99. The number of benzene rings is 1. The molecule has 1 aromatic carbocycles. The monoisotopic (exact) mass is 472 g/mol. The Morgan fingerprint density at radius 1 is 0.909 bits per heavy atom. The normalized spacial score (nSPS) is 12.2. The van der Waals surface area contributed by atoms with Gasteiger partial charge >= 0.3 is 0 Å². The van der Waals surface area contributed by atoms with E-state index >= 15 is 0 Å². The number of aromatic nitrogens is 2. The number of rotatable bonds is 11. The van der Waals surface area contributed by atoms with Crippen LogP contribution in [0.1, 0.15) is 79.6 Å². The van der Waals surface area contributed by atoms with Crippen LogP contribution in [0.25, 0.3) is 11.3 Å². The van der Waals surface area contributed by atoms with Crippen molar-refractivity contribution in [1.29, 1.82) is 0 Å². The number of nitrogens with zero attached hydrogens (tertiary/aromatic N) is 2. The highest BCUT2D eigenvalue weighted by molar-refractivity contribution is 6.74. The topological polar surface area (TPSA) is 53.5 Å². The molecule has 0 bridgehead atoms. The van der Waals surface area contributed by atoms with E-state index in [9.17, 15) is 0 Å². The predicted octanol–water partition coefficient (Wildman–Crippen LogP) is 7.62. The second-order valence-corrected chi connectivity index (χ2v) is 14.7. The van der Waals surface area contributed by atoms with Crippen molar-refractivity contribution in [2.24, 2.45) is 0 Å². The second kappa shape index (κ2) is 11.4. The zero-order valence-electron chi connectivity index (χ0n) is 22.5. The molecule has 0 radical (unpaired) electrons. The first-order valence-electron chi connectivity index (χ1n) is 12.5. The van der Waals surface area contributed by atoms with Crippen LogP contribution in [0.4, 0.5) is 0 Å². The van der Waals surface area contributed by atoms with Crippen molar-refractivity contribution in [3.63, 3.8) is 0 Å². The fraction of sp³-hybridized carbons (Fsp3) is 0.630. The minimum atomic E-state index is -1.95. The highest BCUT2D eigenvalue weighted by Crippen LogP contribution is 2.40. The highest BCUT2D eigenvalue weighted by Gasteiger charge is 2.39. The third kappa shape index (κ3) is 6.49. The molecule has 1 aromatic heterocycles. The Hall–Kier alpha value is -2.08. The third-order valence-electron chi connectivity index (χ3n) is 6.55. The molecule has 0 N–H and O–H groups in total. The van der Waals surface area contributed by atoms with Crippen LogP contribution in [-0.4, -0.2) is 31.0 Å². The summed E-state index contributed by atoms with van der Waals surface area (Å²) in [6, 6.07) is 6.12. The SMILES string of the molecule is CCOc1cc(O[Si](C)(C)C(C)(C)C)ccc1-c1nc(CC)c(OC(CC)CC)nc1CC. The maximum absolute atomic E-state index is 6.54. The standard InChI is InChI=1S/C27H44N2O3Si/c1-11-19(12-2)31-26-23(14-4)28-25(22(13-3)29-26)21-17-16-20(18-24(21)30-15-5)32-33(9,10)27(6,7)8/h16-19H,11-15H2,1-10H3. The molecule has 0 atom stereocenters. The first kappa shape index (κ1) is 27.2. The van der Waals surface area contributed by atoms with Crippen molar-refractivity contribution < 1.29 is 13.9 Å². The largest absolute Gasteiger partial charge is 0.543 e. The molecule has 2 aromatic rings. The van der Waals surface area contributed by atoms with E-state index in [1.165, 1.54) is 0 Å². The lowest BCUT2D eigenvalue weighted by Crippen LogP contribution is -2.43. The van der Waals surface area contributed by atoms with Crippen LogP contribution in [0.2, 0.25) is 18.1 Å². The third-order valence-corrected chi connectivity index (χ3v) is 10.9. The summed E-state index contributed by atoms with van der Waals surface area (Å²) in [7, 11) is -1.95. The molecule has 33 heavy (non-hydrogen) atoms. The zero-order chi connectivity index (χ0) is 24.8. The Balaban J connectivity index is 2.56. The van der Waals surface area contributed by atoms with Gasteiger partial charge in [0.1, 0.15) is 17.2 Å². The molecule has 0 aliphatic heterocycles. The smallest absolute Gasteiger partial charge is 0.250 e. The Labute approximate surface area is 202 Å². The quantitative estimate of drug-likeness (QED) is 0.315. The van der Waals surface area contributed by atoms with Gasteiger partial charge in [0.15, 0.2) is 0 Å². The van der Waals surface area contributed by atoms with Gasteiger partial charge in [-0.15, -0.1) is 0 Å². The van der Waals surface area contributed by atoms with Gasteiger partial charge in [-0.25, -0.2) is 9.97 Å². The minimum Gasteiger partial charge on any atom is -0.543 e. The molecule has 0 aliphatic carbocycles. The molecule has 1 heterocycles. The molecule has 5 nitrogen and oxygen atoms in total. The lowest BCUT2D eigenvalue weighted by molar-refractivity contribution is 0.181. The fourth-order valence-corrected chi connectivity index (χ4v) is 4.39. The van der Waals surface area contributed by atoms with Gasteiger partial charge in [-0.2, -0.15) is 0 Å². The summed E-state index contributed by atoms with van der Waals surface area (Å²) >= 11 is 0. The average molecular weight is 473 g/mol. The van der Waals surface area contributed by atoms with Gasteiger partial charge in [0.25, 0.3) is 0 Å². The maximum Gasteiger partial charge on any atom is 0.250 e. The van der Waals surface area contributed by atoms with E-state index in [0.29, 0.717) is 12.5 Å². The lowest BCUT2D eigenvalue weighted by atomic mass is 10.1. The van der Waals surface area contributed by atoms with E-state index in [4.69, 9.17) is 23.9 Å². The first-order valence-corrected chi connectivity index (χ1v) is 15.4. The molecular weight excluding hydrogens is 428 g/mol. The van der Waals surface area contributed by atoms with E-state index in [0.717, 1.165) is 59.8 Å². The van der Waals surface area contributed by atoms with Crippen molar-refractivity contribution in [2.75, 3.05) is 6.61 Å². The van der Waals surface area contributed by atoms with E-state index in [1.807, 2.05) is 19.1 Å². The Morgan fingerprint density at radius 3 is 2.06 bits per heavy atom. The summed E-state index contributed by atoms with van der Waals surface area (Å²) in [4.78, 5) is 9.97. The number of ether oxygens (including phenoxy) is 2. The Morgan fingerprint density at radius 2 is 1.55 bits per heavy atom. The summed E-state index contributed by atoms with van der Waals surface area (Å²) in [5.74, 6) is 2.31. The molecule has 2 rings (SSSR count). The van der Waals surface area contributed by atoms with Crippen LogP contribution in [0, 0.1) is 0 Å². The van der Waals surface area contributed by atoms with Gasteiger partial charge in [0.05, 0.1) is 24.1 Å². The first-order chi connectivity index (χ1) is 15.5. The summed E-state index contributed by atoms with van der Waals surface area (Å²) < 4.78 is 18.8. The van der Waals surface area contributed by atoms with Crippen molar-refractivity contribution in [2.45, 2.75) is 105 Å². The number of hydrogen-bond donors (Lipinski definition) is 0. The summed E-state index contributed by atoms with van der Waals surface area (Å²) in [5.41, 5.74) is 3.63. The molecular formula is C27H44N2O3Si. The number of aryl methyl sites for hydroxylation is 2.